The van der Waals surface area contributed by atoms with E-state index in [4.69, 9.17) is 28.3 Å². The molecule has 0 spiro atoms. The van der Waals surface area contributed by atoms with Gasteiger partial charge in [-0.05, 0) is 6.07 Å². The average molecular weight is 281 g/mol. The molecule has 1 rings (SSSR count). The van der Waals surface area contributed by atoms with Crippen LogP contribution in [0.15, 0.2) is 6.07 Å². The number of carboxylic acids is 1. The smallest absolute Gasteiger partial charge is 0.334 e. The maximum atomic E-state index is 11.5. The van der Waals surface area contributed by atoms with Crippen molar-refractivity contribution >= 4 is 35.1 Å². The molecule has 1 amide bonds. The number of amides is 1. The van der Waals surface area contributed by atoms with Gasteiger partial charge in [0.15, 0.2) is 6.10 Å². The minimum atomic E-state index is -1.16. The number of rotatable bonds is 5. The standard InChI is InChI=1S/C9H10Cl2N2O4/c1-17-6(9(15)16)3-12-8(14)5-2-4(10)7(11)13-5/h2,6,13H,3H2,1H3,(H,12,14)(H,15,16). The second-order valence-corrected chi connectivity index (χ2v) is 3.90. The van der Waals surface area contributed by atoms with Crippen LogP contribution in [0.5, 0.6) is 0 Å². The summed E-state index contributed by atoms with van der Waals surface area (Å²) in [4.78, 5) is 24.7. The molecule has 0 aliphatic rings. The van der Waals surface area contributed by atoms with Crippen molar-refractivity contribution in [3.8, 4) is 0 Å². The number of methoxy groups -OCH3 is 1. The second kappa shape index (κ2) is 5.90. The van der Waals surface area contributed by atoms with Crippen molar-refractivity contribution in [2.45, 2.75) is 6.10 Å². The summed E-state index contributed by atoms with van der Waals surface area (Å²) in [6.45, 7) is -0.154. The summed E-state index contributed by atoms with van der Waals surface area (Å²) in [5, 5.41) is 11.4. The highest BCUT2D eigenvalue weighted by Gasteiger charge is 2.18. The highest BCUT2D eigenvalue weighted by atomic mass is 35.5. The normalized spacial score (nSPS) is 12.2. The predicted molar refractivity (Wildman–Crippen MR) is 61.6 cm³/mol. The van der Waals surface area contributed by atoms with E-state index in [0.29, 0.717) is 0 Å². The van der Waals surface area contributed by atoms with Crippen LogP contribution in [0, 0.1) is 0 Å². The van der Waals surface area contributed by atoms with Gasteiger partial charge >= 0.3 is 5.97 Å². The van der Waals surface area contributed by atoms with Gasteiger partial charge in [0.05, 0.1) is 11.6 Å². The number of carbonyl (C=O) groups excluding carboxylic acids is 1. The van der Waals surface area contributed by atoms with E-state index in [1.165, 1.54) is 13.2 Å². The van der Waals surface area contributed by atoms with Crippen LogP contribution in [-0.2, 0) is 9.53 Å². The summed E-state index contributed by atoms with van der Waals surface area (Å²) in [6.07, 6.45) is -1.10. The lowest BCUT2D eigenvalue weighted by molar-refractivity contribution is -0.148. The molecule has 0 aliphatic heterocycles. The number of carbonyl (C=O) groups is 2. The van der Waals surface area contributed by atoms with Crippen LogP contribution in [0.25, 0.3) is 0 Å². The topological polar surface area (TPSA) is 91.4 Å². The minimum absolute atomic E-state index is 0.151. The molecule has 0 saturated heterocycles. The van der Waals surface area contributed by atoms with Crippen LogP contribution in [0.2, 0.25) is 10.2 Å². The summed E-state index contributed by atoms with van der Waals surface area (Å²) in [7, 11) is 1.24. The van der Waals surface area contributed by atoms with Crippen molar-refractivity contribution in [3.63, 3.8) is 0 Å². The maximum Gasteiger partial charge on any atom is 0.334 e. The van der Waals surface area contributed by atoms with Crippen LogP contribution in [0.4, 0.5) is 0 Å². The highest BCUT2D eigenvalue weighted by Crippen LogP contribution is 2.21. The van der Waals surface area contributed by atoms with Crippen LogP contribution in [-0.4, -0.2) is 41.7 Å². The molecule has 1 unspecified atom stereocenters. The SMILES string of the molecule is COC(CNC(=O)c1cc(Cl)c(Cl)[nH]1)C(=O)O. The first kappa shape index (κ1) is 13.8. The van der Waals surface area contributed by atoms with Gasteiger partial charge in [-0.15, -0.1) is 0 Å². The molecular formula is C9H10Cl2N2O4. The van der Waals surface area contributed by atoms with Gasteiger partial charge in [0.1, 0.15) is 10.8 Å². The third-order valence-corrected chi connectivity index (χ3v) is 2.67. The molecule has 0 fully saturated rings. The monoisotopic (exact) mass is 280 g/mol. The fourth-order valence-corrected chi connectivity index (χ4v) is 1.39. The molecule has 0 aromatic carbocycles. The van der Waals surface area contributed by atoms with Crippen molar-refractivity contribution in [1.82, 2.24) is 10.3 Å². The Morgan fingerprint density at radius 1 is 1.59 bits per heavy atom. The molecule has 94 valence electrons. The van der Waals surface area contributed by atoms with Gasteiger partial charge in [-0.25, -0.2) is 4.79 Å². The van der Waals surface area contributed by atoms with Crippen molar-refractivity contribution in [3.05, 3.63) is 21.9 Å². The Kier molecular flexibility index (Phi) is 4.80. The zero-order valence-electron chi connectivity index (χ0n) is 8.79. The lowest BCUT2D eigenvalue weighted by Gasteiger charge is -2.10. The maximum absolute atomic E-state index is 11.5. The first-order valence-corrected chi connectivity index (χ1v) is 5.29. The Labute approximate surface area is 107 Å². The zero-order valence-corrected chi connectivity index (χ0v) is 10.3. The Bertz CT molecular complexity index is 413. The van der Waals surface area contributed by atoms with E-state index in [1.807, 2.05) is 0 Å². The van der Waals surface area contributed by atoms with Crippen molar-refractivity contribution in [2.24, 2.45) is 0 Å². The number of ether oxygens (including phenoxy) is 1. The van der Waals surface area contributed by atoms with Gasteiger partial charge in [0.2, 0.25) is 0 Å². The van der Waals surface area contributed by atoms with Crippen LogP contribution in [0.1, 0.15) is 10.5 Å². The molecule has 8 heteroatoms. The first-order chi connectivity index (χ1) is 7.95. The molecule has 3 N–H and O–H groups in total. The fourth-order valence-electron chi connectivity index (χ4n) is 1.08. The lowest BCUT2D eigenvalue weighted by atomic mass is 10.3. The largest absolute Gasteiger partial charge is 0.479 e. The number of nitrogens with one attached hydrogen (secondary N) is 2. The van der Waals surface area contributed by atoms with Crippen LogP contribution in [0.3, 0.4) is 0 Å². The Balaban J connectivity index is 2.58. The van der Waals surface area contributed by atoms with E-state index in [0.717, 1.165) is 0 Å². The van der Waals surface area contributed by atoms with E-state index >= 15 is 0 Å². The molecule has 0 saturated carbocycles. The Morgan fingerprint density at radius 2 is 2.24 bits per heavy atom. The molecule has 1 aromatic heterocycles. The molecular weight excluding hydrogens is 271 g/mol. The van der Waals surface area contributed by atoms with Crippen LogP contribution < -0.4 is 5.32 Å². The van der Waals surface area contributed by atoms with Gasteiger partial charge in [-0.1, -0.05) is 23.2 Å². The predicted octanol–water partition coefficient (Wildman–Crippen LogP) is 1.15. The average Bonchev–Trinajstić information content (AvgIpc) is 2.59. The van der Waals surface area contributed by atoms with Gasteiger partial charge in [-0.3, -0.25) is 4.79 Å². The Morgan fingerprint density at radius 3 is 2.65 bits per heavy atom. The summed E-state index contributed by atoms with van der Waals surface area (Å²) < 4.78 is 4.65. The summed E-state index contributed by atoms with van der Waals surface area (Å²) in [6, 6.07) is 1.35. The molecule has 17 heavy (non-hydrogen) atoms. The van der Waals surface area contributed by atoms with Gasteiger partial charge in [0.25, 0.3) is 5.91 Å². The van der Waals surface area contributed by atoms with Gasteiger partial charge < -0.3 is 20.1 Å². The quantitative estimate of drug-likeness (QED) is 0.755. The highest BCUT2D eigenvalue weighted by molar-refractivity contribution is 6.41. The number of hydrogen-bond donors (Lipinski definition) is 3. The van der Waals surface area contributed by atoms with E-state index in [9.17, 15) is 9.59 Å². The van der Waals surface area contributed by atoms with Gasteiger partial charge in [-0.2, -0.15) is 0 Å². The number of aromatic nitrogens is 1. The van der Waals surface area contributed by atoms with E-state index in [1.54, 1.807) is 0 Å². The molecule has 0 bridgehead atoms. The van der Waals surface area contributed by atoms with E-state index in [-0.39, 0.29) is 22.4 Å². The molecule has 6 nitrogen and oxygen atoms in total. The van der Waals surface area contributed by atoms with Crippen molar-refractivity contribution < 1.29 is 19.4 Å². The van der Waals surface area contributed by atoms with Crippen LogP contribution >= 0.6 is 23.2 Å². The fraction of sp³-hybridized carbons (Fsp3) is 0.333. The molecule has 1 aromatic rings. The number of halogens is 2. The zero-order chi connectivity index (χ0) is 13.0. The minimum Gasteiger partial charge on any atom is -0.479 e. The second-order valence-electron chi connectivity index (χ2n) is 3.12. The Hall–Kier alpha value is -1.24. The van der Waals surface area contributed by atoms with E-state index in [2.05, 4.69) is 15.0 Å². The molecule has 0 aliphatic carbocycles. The third-order valence-electron chi connectivity index (χ3n) is 1.98. The van der Waals surface area contributed by atoms with Gasteiger partial charge in [0, 0.05) is 7.11 Å². The number of aliphatic carboxylic acids is 1. The molecule has 1 atom stereocenters. The van der Waals surface area contributed by atoms with Crippen molar-refractivity contribution in [2.75, 3.05) is 13.7 Å². The number of carboxylic acid groups (broad SMARTS) is 1. The summed E-state index contributed by atoms with van der Waals surface area (Å²) in [5.74, 6) is -1.67. The summed E-state index contributed by atoms with van der Waals surface area (Å²) >= 11 is 11.3. The van der Waals surface area contributed by atoms with Crippen molar-refractivity contribution in [1.29, 1.82) is 0 Å². The number of H-pyrrole nitrogens is 1. The van der Waals surface area contributed by atoms with E-state index < -0.39 is 18.0 Å². The number of aromatic amines is 1. The lowest BCUT2D eigenvalue weighted by Crippen LogP contribution is -2.37. The summed E-state index contributed by atoms with van der Waals surface area (Å²) in [5.41, 5.74) is 0.153. The third kappa shape index (κ3) is 3.62. The number of hydrogen-bond acceptors (Lipinski definition) is 3. The first-order valence-electron chi connectivity index (χ1n) is 4.53. The molecule has 1 heterocycles. The molecule has 0 radical (unpaired) electrons.